The number of aromatic nitrogens is 1. The van der Waals surface area contributed by atoms with Crippen LogP contribution in [0.1, 0.15) is 18.1 Å². The lowest BCUT2D eigenvalue weighted by Crippen LogP contribution is -2.11. The fourth-order valence-electron chi connectivity index (χ4n) is 1.79. The first-order valence-corrected chi connectivity index (χ1v) is 6.47. The standard InChI is InChI=1S/C15H14ClN3/c1-2-18-9-13-4-3-12(6-15(13)16)14-5-11(7-17)8-19-10-14/h3-6,8,10,18H,2,9H2,1H3. The Bertz CT molecular complexity index is 617. The van der Waals surface area contributed by atoms with E-state index < -0.39 is 0 Å². The lowest BCUT2D eigenvalue weighted by Gasteiger charge is -2.08. The summed E-state index contributed by atoms with van der Waals surface area (Å²) in [6.45, 7) is 3.72. The summed E-state index contributed by atoms with van der Waals surface area (Å²) < 4.78 is 0. The van der Waals surface area contributed by atoms with Crippen LogP contribution < -0.4 is 5.32 Å². The average Bonchev–Trinajstić information content (AvgIpc) is 2.46. The van der Waals surface area contributed by atoms with Crippen molar-refractivity contribution in [1.82, 2.24) is 10.3 Å². The molecule has 19 heavy (non-hydrogen) atoms. The average molecular weight is 272 g/mol. The molecular formula is C15H14ClN3. The van der Waals surface area contributed by atoms with E-state index in [1.54, 1.807) is 12.4 Å². The molecule has 1 aromatic carbocycles. The lowest BCUT2D eigenvalue weighted by molar-refractivity contribution is 0.727. The van der Waals surface area contributed by atoms with Gasteiger partial charge in [0.05, 0.1) is 5.56 Å². The Morgan fingerprint density at radius 2 is 2.11 bits per heavy atom. The van der Waals surface area contributed by atoms with Crippen molar-refractivity contribution < 1.29 is 0 Å². The highest BCUT2D eigenvalue weighted by Crippen LogP contribution is 2.25. The third kappa shape index (κ3) is 3.31. The van der Waals surface area contributed by atoms with Gasteiger partial charge in [-0.1, -0.05) is 30.7 Å². The largest absolute Gasteiger partial charge is 0.313 e. The van der Waals surface area contributed by atoms with Gasteiger partial charge < -0.3 is 5.32 Å². The molecule has 0 unspecified atom stereocenters. The van der Waals surface area contributed by atoms with E-state index in [1.807, 2.05) is 24.3 Å². The van der Waals surface area contributed by atoms with Crippen LogP contribution in [0.4, 0.5) is 0 Å². The van der Waals surface area contributed by atoms with E-state index in [0.717, 1.165) is 34.8 Å². The van der Waals surface area contributed by atoms with Gasteiger partial charge >= 0.3 is 0 Å². The van der Waals surface area contributed by atoms with E-state index in [-0.39, 0.29) is 0 Å². The maximum Gasteiger partial charge on any atom is 0.101 e. The number of nitriles is 1. The minimum Gasteiger partial charge on any atom is -0.313 e. The number of benzene rings is 1. The Labute approximate surface area is 117 Å². The number of rotatable bonds is 4. The van der Waals surface area contributed by atoms with Gasteiger partial charge in [0, 0.05) is 29.5 Å². The number of hydrogen-bond donors (Lipinski definition) is 1. The molecule has 0 radical (unpaired) electrons. The van der Waals surface area contributed by atoms with Crippen molar-refractivity contribution >= 4 is 11.6 Å². The van der Waals surface area contributed by atoms with E-state index in [4.69, 9.17) is 16.9 Å². The van der Waals surface area contributed by atoms with Crippen LogP contribution in [0, 0.1) is 11.3 Å². The molecule has 3 nitrogen and oxygen atoms in total. The third-order valence-electron chi connectivity index (χ3n) is 2.82. The summed E-state index contributed by atoms with van der Waals surface area (Å²) >= 11 is 6.26. The van der Waals surface area contributed by atoms with Crippen molar-refractivity contribution in [2.24, 2.45) is 0 Å². The highest BCUT2D eigenvalue weighted by molar-refractivity contribution is 6.31. The van der Waals surface area contributed by atoms with Crippen molar-refractivity contribution in [3.63, 3.8) is 0 Å². The Balaban J connectivity index is 2.31. The molecule has 0 saturated carbocycles. The molecular weight excluding hydrogens is 258 g/mol. The summed E-state index contributed by atoms with van der Waals surface area (Å²) in [5, 5.41) is 12.8. The number of nitrogens with one attached hydrogen (secondary N) is 1. The van der Waals surface area contributed by atoms with E-state index in [1.165, 1.54) is 0 Å². The molecule has 4 heteroatoms. The molecule has 1 N–H and O–H groups in total. The second-order valence-electron chi connectivity index (χ2n) is 4.16. The van der Waals surface area contributed by atoms with Gasteiger partial charge in [-0.3, -0.25) is 4.98 Å². The predicted octanol–water partition coefficient (Wildman–Crippen LogP) is 3.38. The molecule has 0 atom stereocenters. The van der Waals surface area contributed by atoms with Gasteiger partial charge in [-0.05, 0) is 29.8 Å². The smallest absolute Gasteiger partial charge is 0.101 e. The molecule has 0 aliphatic heterocycles. The Kier molecular flexibility index (Phi) is 4.51. The molecule has 2 rings (SSSR count). The monoisotopic (exact) mass is 271 g/mol. The predicted molar refractivity (Wildman–Crippen MR) is 76.8 cm³/mol. The van der Waals surface area contributed by atoms with E-state index in [9.17, 15) is 0 Å². The fourth-order valence-corrected chi connectivity index (χ4v) is 2.04. The summed E-state index contributed by atoms with van der Waals surface area (Å²) in [6, 6.07) is 9.80. The molecule has 0 amide bonds. The van der Waals surface area contributed by atoms with Crippen molar-refractivity contribution in [2.75, 3.05) is 6.54 Å². The number of hydrogen-bond acceptors (Lipinski definition) is 3. The van der Waals surface area contributed by atoms with Crippen molar-refractivity contribution in [2.45, 2.75) is 13.5 Å². The van der Waals surface area contributed by atoms with Gasteiger partial charge in [0.25, 0.3) is 0 Å². The summed E-state index contributed by atoms with van der Waals surface area (Å²) in [5.74, 6) is 0. The van der Waals surface area contributed by atoms with Crippen LogP contribution in [0.15, 0.2) is 36.7 Å². The van der Waals surface area contributed by atoms with Gasteiger partial charge in [0.2, 0.25) is 0 Å². The minimum absolute atomic E-state index is 0.547. The van der Waals surface area contributed by atoms with Crippen LogP contribution in [0.5, 0.6) is 0 Å². The van der Waals surface area contributed by atoms with Gasteiger partial charge in [0.1, 0.15) is 6.07 Å². The van der Waals surface area contributed by atoms with E-state index in [0.29, 0.717) is 5.56 Å². The number of pyridine rings is 1. The van der Waals surface area contributed by atoms with Crippen molar-refractivity contribution in [3.8, 4) is 17.2 Å². The second kappa shape index (κ2) is 6.33. The highest BCUT2D eigenvalue weighted by Gasteiger charge is 2.04. The zero-order valence-corrected chi connectivity index (χ0v) is 11.4. The first kappa shape index (κ1) is 13.5. The zero-order valence-electron chi connectivity index (χ0n) is 10.7. The maximum atomic E-state index is 8.88. The molecule has 1 heterocycles. The molecule has 0 saturated heterocycles. The van der Waals surface area contributed by atoms with Crippen LogP contribution >= 0.6 is 11.6 Å². The number of nitrogens with zero attached hydrogens (tertiary/aromatic N) is 2. The highest BCUT2D eigenvalue weighted by atomic mass is 35.5. The van der Waals surface area contributed by atoms with Crippen molar-refractivity contribution in [1.29, 1.82) is 5.26 Å². The molecule has 0 bridgehead atoms. The van der Waals surface area contributed by atoms with Gasteiger partial charge in [-0.25, -0.2) is 0 Å². The van der Waals surface area contributed by atoms with Crippen LogP contribution in [0.2, 0.25) is 5.02 Å². The molecule has 0 aliphatic carbocycles. The zero-order chi connectivity index (χ0) is 13.7. The minimum atomic E-state index is 0.547. The molecule has 96 valence electrons. The first-order valence-electron chi connectivity index (χ1n) is 6.09. The normalized spacial score (nSPS) is 10.2. The summed E-state index contributed by atoms with van der Waals surface area (Å²) in [6.07, 6.45) is 3.28. The quantitative estimate of drug-likeness (QED) is 0.927. The van der Waals surface area contributed by atoms with Crippen LogP contribution in [-0.2, 0) is 6.54 Å². The molecule has 1 aromatic heterocycles. The SMILES string of the molecule is CCNCc1ccc(-c2cncc(C#N)c2)cc1Cl. The molecule has 0 fully saturated rings. The molecule has 2 aromatic rings. The van der Waals surface area contributed by atoms with Gasteiger partial charge in [-0.15, -0.1) is 0 Å². The van der Waals surface area contributed by atoms with Crippen LogP contribution in [-0.4, -0.2) is 11.5 Å². The van der Waals surface area contributed by atoms with E-state index in [2.05, 4.69) is 23.3 Å². The Morgan fingerprint density at radius 3 is 2.79 bits per heavy atom. The first-order chi connectivity index (χ1) is 9.24. The second-order valence-corrected chi connectivity index (χ2v) is 4.57. The number of halogens is 1. The van der Waals surface area contributed by atoms with Gasteiger partial charge in [-0.2, -0.15) is 5.26 Å². The topological polar surface area (TPSA) is 48.7 Å². The summed E-state index contributed by atoms with van der Waals surface area (Å²) in [5.41, 5.74) is 3.48. The maximum absolute atomic E-state index is 8.88. The third-order valence-corrected chi connectivity index (χ3v) is 3.17. The fraction of sp³-hybridized carbons (Fsp3) is 0.200. The van der Waals surface area contributed by atoms with Crippen LogP contribution in [0.25, 0.3) is 11.1 Å². The Hall–Kier alpha value is -1.89. The summed E-state index contributed by atoms with van der Waals surface area (Å²) in [4.78, 5) is 4.06. The van der Waals surface area contributed by atoms with E-state index >= 15 is 0 Å². The van der Waals surface area contributed by atoms with Gasteiger partial charge in [0.15, 0.2) is 0 Å². The Morgan fingerprint density at radius 1 is 1.26 bits per heavy atom. The lowest BCUT2D eigenvalue weighted by atomic mass is 10.0. The van der Waals surface area contributed by atoms with Crippen LogP contribution in [0.3, 0.4) is 0 Å². The summed E-state index contributed by atoms with van der Waals surface area (Å²) in [7, 11) is 0. The molecule has 0 aliphatic rings. The molecule has 0 spiro atoms. The van der Waals surface area contributed by atoms with Crippen molar-refractivity contribution in [3.05, 3.63) is 52.8 Å².